The Morgan fingerprint density at radius 3 is 2.57 bits per heavy atom. The molecule has 0 aliphatic carbocycles. The van der Waals surface area contributed by atoms with Gasteiger partial charge in [-0.3, -0.25) is 14.9 Å². The maximum atomic E-state index is 12.2. The average molecular weight is 434 g/mol. The first-order valence-corrected chi connectivity index (χ1v) is 7.56. The number of nitro benzene ring substituents is 1. The summed E-state index contributed by atoms with van der Waals surface area (Å²) in [5.41, 5.74) is -0.00954. The molecule has 5 nitrogen and oxygen atoms in total. The molecule has 8 heteroatoms. The Morgan fingerprint density at radius 2 is 1.95 bits per heavy atom. The van der Waals surface area contributed by atoms with Gasteiger partial charge in [0, 0.05) is 8.95 Å². The van der Waals surface area contributed by atoms with Crippen LogP contribution in [0.5, 0.6) is 0 Å². The molecule has 0 saturated heterocycles. The molecule has 0 aromatic heterocycles. The fourth-order valence-corrected chi connectivity index (χ4v) is 3.05. The van der Waals surface area contributed by atoms with Gasteiger partial charge in [0.1, 0.15) is 10.6 Å². The first-order valence-electron chi connectivity index (χ1n) is 5.59. The quantitative estimate of drug-likeness (QED) is 0.544. The Hall–Kier alpha value is -1.44. The van der Waals surface area contributed by atoms with Gasteiger partial charge in [0.05, 0.1) is 10.6 Å². The number of carbonyl (C=O) groups is 1. The second kappa shape index (κ2) is 6.55. The lowest BCUT2D eigenvalue weighted by molar-refractivity contribution is -0.385. The molecule has 2 aromatic rings. The van der Waals surface area contributed by atoms with Crippen LogP contribution in [0.4, 0.5) is 11.4 Å². The zero-order chi connectivity index (χ0) is 15.6. The number of rotatable bonds is 3. The van der Waals surface area contributed by atoms with Gasteiger partial charge in [0.15, 0.2) is 0 Å². The molecule has 0 fully saturated rings. The lowest BCUT2D eigenvalue weighted by Gasteiger charge is -2.08. The third-order valence-electron chi connectivity index (χ3n) is 2.59. The van der Waals surface area contributed by atoms with Crippen molar-refractivity contribution in [2.24, 2.45) is 0 Å². The number of amides is 1. The number of nitro groups is 1. The molecule has 1 amide bonds. The predicted octanol–water partition coefficient (Wildman–Crippen LogP) is 5.03. The summed E-state index contributed by atoms with van der Waals surface area (Å²) in [6, 6.07) is 9.37. The Bertz CT molecular complexity index is 737. The molecular weight excluding hydrogens is 427 g/mol. The molecular formula is C13H7Br2ClN2O3. The summed E-state index contributed by atoms with van der Waals surface area (Å²) in [5, 5.41) is 13.6. The van der Waals surface area contributed by atoms with Gasteiger partial charge >= 0.3 is 5.69 Å². The molecule has 0 aliphatic heterocycles. The summed E-state index contributed by atoms with van der Waals surface area (Å²) in [6.07, 6.45) is 0. The molecule has 0 aliphatic rings. The fraction of sp³-hybridized carbons (Fsp3) is 0. The second-order valence-corrected chi connectivity index (χ2v) is 6.15. The number of anilines is 1. The van der Waals surface area contributed by atoms with Crippen LogP contribution in [0.1, 0.15) is 10.4 Å². The monoisotopic (exact) mass is 432 g/mol. The zero-order valence-electron chi connectivity index (χ0n) is 10.3. The van der Waals surface area contributed by atoms with Crippen molar-refractivity contribution < 1.29 is 9.72 Å². The normalized spacial score (nSPS) is 10.2. The largest absolute Gasteiger partial charge is 0.321 e. The van der Waals surface area contributed by atoms with Gasteiger partial charge < -0.3 is 5.32 Å². The highest BCUT2D eigenvalue weighted by molar-refractivity contribution is 9.11. The Kier molecular flexibility index (Phi) is 4.97. The SMILES string of the molecule is O=C(Nc1ccc(Br)cc1Br)c1cccc(Cl)c1[N+](=O)[O-]. The van der Waals surface area contributed by atoms with E-state index in [0.717, 1.165) is 4.47 Å². The van der Waals surface area contributed by atoms with E-state index in [1.165, 1.54) is 18.2 Å². The first kappa shape index (κ1) is 15.9. The van der Waals surface area contributed by atoms with Gasteiger partial charge in [-0.25, -0.2) is 0 Å². The van der Waals surface area contributed by atoms with Crippen LogP contribution < -0.4 is 5.32 Å². The van der Waals surface area contributed by atoms with Crippen molar-refractivity contribution >= 4 is 60.7 Å². The van der Waals surface area contributed by atoms with E-state index in [0.29, 0.717) is 10.2 Å². The van der Waals surface area contributed by atoms with Crippen molar-refractivity contribution in [1.29, 1.82) is 0 Å². The number of para-hydroxylation sites is 1. The van der Waals surface area contributed by atoms with Gasteiger partial charge in [-0.05, 0) is 46.3 Å². The Balaban J connectivity index is 2.37. The van der Waals surface area contributed by atoms with Crippen LogP contribution in [0.2, 0.25) is 5.02 Å². The number of hydrogen-bond acceptors (Lipinski definition) is 3. The van der Waals surface area contributed by atoms with E-state index < -0.39 is 16.5 Å². The Morgan fingerprint density at radius 1 is 1.24 bits per heavy atom. The van der Waals surface area contributed by atoms with Crippen LogP contribution in [0.3, 0.4) is 0 Å². The minimum atomic E-state index is -0.673. The predicted molar refractivity (Wildman–Crippen MR) is 87.9 cm³/mol. The van der Waals surface area contributed by atoms with Crippen molar-refractivity contribution in [2.45, 2.75) is 0 Å². The van der Waals surface area contributed by atoms with Crippen molar-refractivity contribution in [1.82, 2.24) is 0 Å². The topological polar surface area (TPSA) is 72.2 Å². The maximum Gasteiger partial charge on any atom is 0.300 e. The molecule has 0 saturated carbocycles. The van der Waals surface area contributed by atoms with E-state index >= 15 is 0 Å². The molecule has 0 radical (unpaired) electrons. The minimum absolute atomic E-state index is 0.0810. The van der Waals surface area contributed by atoms with Crippen molar-refractivity contribution in [3.05, 3.63) is 66.0 Å². The fourth-order valence-electron chi connectivity index (χ4n) is 1.66. The molecule has 21 heavy (non-hydrogen) atoms. The third kappa shape index (κ3) is 3.61. The standard InChI is InChI=1S/C13H7Br2ClN2O3/c14-7-4-5-11(9(15)6-7)17-13(19)8-2-1-3-10(16)12(8)18(20)21/h1-6H,(H,17,19). The van der Waals surface area contributed by atoms with Gasteiger partial charge in [-0.15, -0.1) is 0 Å². The molecule has 0 unspecified atom stereocenters. The zero-order valence-corrected chi connectivity index (χ0v) is 14.2. The first-order chi connectivity index (χ1) is 9.90. The van der Waals surface area contributed by atoms with Gasteiger partial charge in [-0.2, -0.15) is 0 Å². The summed E-state index contributed by atoms with van der Waals surface area (Å²) >= 11 is 12.4. The number of nitrogens with zero attached hydrogens (tertiary/aromatic N) is 1. The highest BCUT2D eigenvalue weighted by atomic mass is 79.9. The molecule has 0 atom stereocenters. The minimum Gasteiger partial charge on any atom is -0.321 e. The number of halogens is 3. The van der Waals surface area contributed by atoms with Crippen LogP contribution in [0, 0.1) is 10.1 Å². The van der Waals surface area contributed by atoms with Crippen molar-refractivity contribution in [2.75, 3.05) is 5.32 Å². The van der Waals surface area contributed by atoms with Crippen LogP contribution in [0.15, 0.2) is 45.3 Å². The molecule has 108 valence electrons. The molecule has 0 bridgehead atoms. The lowest BCUT2D eigenvalue weighted by Crippen LogP contribution is -2.14. The lowest BCUT2D eigenvalue weighted by atomic mass is 10.1. The molecule has 1 N–H and O–H groups in total. The summed E-state index contributed by atoms with van der Waals surface area (Å²) < 4.78 is 1.48. The van der Waals surface area contributed by atoms with E-state index in [4.69, 9.17) is 11.6 Å². The summed E-state index contributed by atoms with van der Waals surface area (Å²) in [5.74, 6) is -0.604. The highest BCUT2D eigenvalue weighted by Crippen LogP contribution is 2.30. The smallest absolute Gasteiger partial charge is 0.300 e. The van der Waals surface area contributed by atoms with E-state index in [1.54, 1.807) is 18.2 Å². The van der Waals surface area contributed by atoms with E-state index in [1.807, 2.05) is 0 Å². The van der Waals surface area contributed by atoms with E-state index in [9.17, 15) is 14.9 Å². The van der Waals surface area contributed by atoms with Crippen molar-refractivity contribution in [3.63, 3.8) is 0 Å². The summed E-state index contributed by atoms with van der Waals surface area (Å²) in [6.45, 7) is 0. The van der Waals surface area contributed by atoms with Crippen LogP contribution in [-0.2, 0) is 0 Å². The number of hydrogen-bond donors (Lipinski definition) is 1. The van der Waals surface area contributed by atoms with E-state index in [-0.39, 0.29) is 10.6 Å². The number of benzene rings is 2. The molecule has 0 heterocycles. The van der Waals surface area contributed by atoms with Gasteiger partial charge in [0.25, 0.3) is 5.91 Å². The highest BCUT2D eigenvalue weighted by Gasteiger charge is 2.23. The van der Waals surface area contributed by atoms with Crippen LogP contribution in [0.25, 0.3) is 0 Å². The van der Waals surface area contributed by atoms with E-state index in [2.05, 4.69) is 37.2 Å². The Labute approximate surface area is 141 Å². The second-order valence-electron chi connectivity index (χ2n) is 3.97. The number of nitrogens with one attached hydrogen (secondary N) is 1. The molecule has 2 aromatic carbocycles. The number of carbonyl (C=O) groups excluding carboxylic acids is 1. The molecule has 0 spiro atoms. The third-order valence-corrected chi connectivity index (χ3v) is 4.05. The molecule has 2 rings (SSSR count). The van der Waals surface area contributed by atoms with Crippen LogP contribution in [-0.4, -0.2) is 10.8 Å². The maximum absolute atomic E-state index is 12.2. The average Bonchev–Trinajstić information content (AvgIpc) is 2.41. The van der Waals surface area contributed by atoms with Gasteiger partial charge in [-0.1, -0.05) is 33.6 Å². The van der Waals surface area contributed by atoms with Crippen LogP contribution >= 0.6 is 43.5 Å². The van der Waals surface area contributed by atoms with Crippen molar-refractivity contribution in [3.8, 4) is 0 Å². The van der Waals surface area contributed by atoms with Gasteiger partial charge in [0.2, 0.25) is 0 Å². The summed E-state index contributed by atoms with van der Waals surface area (Å²) in [7, 11) is 0. The summed E-state index contributed by atoms with van der Waals surface area (Å²) in [4.78, 5) is 22.6.